The largest absolute Gasteiger partial charge is 0.480 e. The van der Waals surface area contributed by atoms with E-state index in [0.717, 1.165) is 43.6 Å². The summed E-state index contributed by atoms with van der Waals surface area (Å²) in [7, 11) is 0. The van der Waals surface area contributed by atoms with E-state index in [1.165, 1.54) is 0 Å². The van der Waals surface area contributed by atoms with Crippen LogP contribution < -0.4 is 0 Å². The van der Waals surface area contributed by atoms with Gasteiger partial charge in [0.2, 0.25) is 0 Å². The number of hydrogen-bond acceptors (Lipinski definition) is 4. The average Bonchev–Trinajstić information content (AvgIpc) is 2.63. The monoisotopic (exact) mass is 240 g/mol. The molecular formula is C11H16N2O2S. The summed E-state index contributed by atoms with van der Waals surface area (Å²) >= 11 is 1.59. The fourth-order valence-electron chi connectivity index (χ4n) is 2.16. The summed E-state index contributed by atoms with van der Waals surface area (Å²) < 4.78 is 0. The van der Waals surface area contributed by atoms with Crippen LogP contribution in [-0.4, -0.2) is 33.5 Å². The summed E-state index contributed by atoms with van der Waals surface area (Å²) in [5, 5.41) is 9.21. The third-order valence-corrected chi connectivity index (χ3v) is 3.76. The lowest BCUT2D eigenvalue weighted by molar-refractivity contribution is -0.143. The second-order valence-corrected chi connectivity index (χ2v) is 5.11. The Hall–Kier alpha value is -0.940. The third kappa shape index (κ3) is 2.80. The van der Waals surface area contributed by atoms with Gasteiger partial charge in [0.1, 0.15) is 6.04 Å². The molecule has 4 nitrogen and oxygen atoms in total. The van der Waals surface area contributed by atoms with Crippen molar-refractivity contribution in [3.8, 4) is 0 Å². The van der Waals surface area contributed by atoms with Crippen molar-refractivity contribution in [1.82, 2.24) is 9.88 Å². The molecule has 1 aromatic rings. The molecule has 0 aliphatic carbocycles. The summed E-state index contributed by atoms with van der Waals surface area (Å²) in [5.74, 6) is -0.689. The van der Waals surface area contributed by atoms with Crippen molar-refractivity contribution in [2.75, 3.05) is 6.54 Å². The molecule has 1 atom stereocenters. The van der Waals surface area contributed by atoms with E-state index in [1.807, 2.05) is 6.20 Å². The minimum Gasteiger partial charge on any atom is -0.480 e. The molecule has 0 aromatic carbocycles. The van der Waals surface area contributed by atoms with E-state index in [1.54, 1.807) is 16.8 Å². The Kier molecular flexibility index (Phi) is 3.90. The Labute approximate surface area is 98.9 Å². The topological polar surface area (TPSA) is 53.4 Å². The number of carboxylic acid groups (broad SMARTS) is 1. The summed E-state index contributed by atoms with van der Waals surface area (Å²) in [4.78, 5) is 18.4. The van der Waals surface area contributed by atoms with Gasteiger partial charge >= 0.3 is 5.97 Å². The lowest BCUT2D eigenvalue weighted by atomic mass is 10.1. The van der Waals surface area contributed by atoms with Gasteiger partial charge in [-0.1, -0.05) is 12.8 Å². The highest BCUT2D eigenvalue weighted by atomic mass is 32.1. The first-order valence-corrected chi connectivity index (χ1v) is 6.49. The highest BCUT2D eigenvalue weighted by molar-refractivity contribution is 7.09. The highest BCUT2D eigenvalue weighted by Crippen LogP contribution is 2.20. The van der Waals surface area contributed by atoms with E-state index in [-0.39, 0.29) is 6.04 Å². The standard InChI is InChI=1S/C11H16N2O2S/c14-11(15)10-4-2-1-3-5-13(10)7-9-6-12-8-16-9/h6,8,10H,1-5,7H2,(H,14,15). The van der Waals surface area contributed by atoms with E-state index >= 15 is 0 Å². The first kappa shape index (κ1) is 11.5. The molecule has 2 rings (SSSR count). The molecule has 88 valence electrons. The molecule has 0 radical (unpaired) electrons. The van der Waals surface area contributed by atoms with E-state index in [0.29, 0.717) is 0 Å². The van der Waals surface area contributed by atoms with Crippen LogP contribution in [0.25, 0.3) is 0 Å². The van der Waals surface area contributed by atoms with Crippen LogP contribution in [0.3, 0.4) is 0 Å². The zero-order chi connectivity index (χ0) is 11.4. The molecule has 0 bridgehead atoms. The predicted octanol–water partition coefficient (Wildman–Crippen LogP) is 1.97. The molecule has 5 heteroatoms. The van der Waals surface area contributed by atoms with E-state index < -0.39 is 5.97 Å². The molecule has 2 heterocycles. The minimum absolute atomic E-state index is 0.315. The number of aliphatic carboxylic acids is 1. The van der Waals surface area contributed by atoms with Crippen LogP contribution in [0.1, 0.15) is 30.6 Å². The van der Waals surface area contributed by atoms with Crippen molar-refractivity contribution in [2.24, 2.45) is 0 Å². The Balaban J connectivity index is 2.05. The Bertz CT molecular complexity index is 340. The van der Waals surface area contributed by atoms with Gasteiger partial charge in [0.15, 0.2) is 0 Å². The minimum atomic E-state index is -0.689. The van der Waals surface area contributed by atoms with Crippen LogP contribution in [0.2, 0.25) is 0 Å². The summed E-state index contributed by atoms with van der Waals surface area (Å²) in [6, 6.07) is -0.315. The molecule has 1 N–H and O–H groups in total. The maximum Gasteiger partial charge on any atom is 0.320 e. The van der Waals surface area contributed by atoms with Crippen LogP contribution in [0.5, 0.6) is 0 Å². The second kappa shape index (κ2) is 5.41. The number of nitrogens with zero attached hydrogens (tertiary/aromatic N) is 2. The molecule has 0 amide bonds. The van der Waals surface area contributed by atoms with Crippen molar-refractivity contribution in [1.29, 1.82) is 0 Å². The molecule has 1 fully saturated rings. The number of carbonyl (C=O) groups is 1. The normalized spacial score (nSPS) is 22.9. The molecule has 1 aliphatic heterocycles. The zero-order valence-electron chi connectivity index (χ0n) is 9.13. The summed E-state index contributed by atoms with van der Waals surface area (Å²) in [6.07, 6.45) is 5.87. The smallest absolute Gasteiger partial charge is 0.320 e. The van der Waals surface area contributed by atoms with Gasteiger partial charge in [-0.2, -0.15) is 0 Å². The maximum atomic E-state index is 11.2. The van der Waals surface area contributed by atoms with Crippen LogP contribution in [0.4, 0.5) is 0 Å². The van der Waals surface area contributed by atoms with Gasteiger partial charge < -0.3 is 5.11 Å². The summed E-state index contributed by atoms with van der Waals surface area (Å²) in [5.41, 5.74) is 1.79. The maximum absolute atomic E-state index is 11.2. The van der Waals surface area contributed by atoms with Gasteiger partial charge in [0, 0.05) is 17.6 Å². The Morgan fingerprint density at radius 3 is 3.12 bits per heavy atom. The van der Waals surface area contributed by atoms with Crippen LogP contribution in [0, 0.1) is 0 Å². The number of thiazole rings is 1. The average molecular weight is 240 g/mol. The van der Waals surface area contributed by atoms with E-state index in [2.05, 4.69) is 9.88 Å². The molecule has 1 saturated heterocycles. The van der Waals surface area contributed by atoms with E-state index in [9.17, 15) is 9.90 Å². The lowest BCUT2D eigenvalue weighted by Crippen LogP contribution is -2.39. The molecular weight excluding hydrogens is 224 g/mol. The van der Waals surface area contributed by atoms with Crippen molar-refractivity contribution in [3.63, 3.8) is 0 Å². The number of hydrogen-bond donors (Lipinski definition) is 1. The number of rotatable bonds is 3. The van der Waals surface area contributed by atoms with Gasteiger partial charge in [-0.25, -0.2) is 0 Å². The van der Waals surface area contributed by atoms with Crippen molar-refractivity contribution in [2.45, 2.75) is 38.3 Å². The van der Waals surface area contributed by atoms with Crippen molar-refractivity contribution < 1.29 is 9.90 Å². The zero-order valence-corrected chi connectivity index (χ0v) is 9.95. The third-order valence-electron chi connectivity index (χ3n) is 2.99. The number of likely N-dealkylation sites (tertiary alicyclic amines) is 1. The van der Waals surface area contributed by atoms with Gasteiger partial charge in [0.25, 0.3) is 0 Å². The quantitative estimate of drug-likeness (QED) is 0.877. The van der Waals surface area contributed by atoms with Crippen molar-refractivity contribution >= 4 is 17.3 Å². The predicted molar refractivity (Wildman–Crippen MR) is 62.4 cm³/mol. The van der Waals surface area contributed by atoms with Gasteiger partial charge in [-0.15, -0.1) is 11.3 Å². The van der Waals surface area contributed by atoms with Crippen molar-refractivity contribution in [3.05, 3.63) is 16.6 Å². The molecule has 16 heavy (non-hydrogen) atoms. The van der Waals surface area contributed by atoms with Crippen LogP contribution in [0.15, 0.2) is 11.7 Å². The molecule has 1 aromatic heterocycles. The fraction of sp³-hybridized carbons (Fsp3) is 0.636. The second-order valence-electron chi connectivity index (χ2n) is 4.14. The molecule has 0 spiro atoms. The number of carboxylic acids is 1. The van der Waals surface area contributed by atoms with Gasteiger partial charge in [-0.3, -0.25) is 14.7 Å². The fourth-order valence-corrected chi connectivity index (χ4v) is 2.78. The first-order valence-electron chi connectivity index (χ1n) is 5.61. The van der Waals surface area contributed by atoms with Crippen LogP contribution >= 0.6 is 11.3 Å². The number of aromatic nitrogens is 1. The lowest BCUT2D eigenvalue weighted by Gasteiger charge is -2.25. The Morgan fingerprint density at radius 2 is 2.44 bits per heavy atom. The SMILES string of the molecule is O=C(O)C1CCCCCN1Cc1cncs1. The van der Waals surface area contributed by atoms with Gasteiger partial charge in [0.05, 0.1) is 5.51 Å². The highest BCUT2D eigenvalue weighted by Gasteiger charge is 2.27. The van der Waals surface area contributed by atoms with Crippen LogP contribution in [-0.2, 0) is 11.3 Å². The molecule has 1 aliphatic rings. The first-order chi connectivity index (χ1) is 7.77. The van der Waals surface area contributed by atoms with Gasteiger partial charge in [-0.05, 0) is 19.4 Å². The molecule has 1 unspecified atom stereocenters. The summed E-state index contributed by atoms with van der Waals surface area (Å²) in [6.45, 7) is 1.61. The molecule has 0 saturated carbocycles. The van der Waals surface area contributed by atoms with E-state index in [4.69, 9.17) is 0 Å². The Morgan fingerprint density at radius 1 is 1.56 bits per heavy atom.